The first kappa shape index (κ1) is 24.3. The Bertz CT molecular complexity index is 1170. The highest BCUT2D eigenvalue weighted by molar-refractivity contribution is 5.68. The number of nitrogens with zero attached hydrogens (tertiary/aromatic N) is 4. The van der Waals surface area contributed by atoms with Gasteiger partial charge in [-0.3, -0.25) is 4.98 Å². The number of ether oxygens (including phenoxy) is 1. The number of aromatic nitrogens is 2. The van der Waals surface area contributed by atoms with Crippen molar-refractivity contribution in [2.45, 2.75) is 89.2 Å². The van der Waals surface area contributed by atoms with Gasteiger partial charge in [-0.2, -0.15) is 5.26 Å². The van der Waals surface area contributed by atoms with E-state index < -0.39 is 0 Å². The van der Waals surface area contributed by atoms with Crippen LogP contribution in [0.15, 0.2) is 61.1 Å². The molecule has 0 saturated heterocycles. The van der Waals surface area contributed by atoms with Crippen molar-refractivity contribution in [2.75, 3.05) is 4.90 Å². The first-order valence-electron chi connectivity index (χ1n) is 13.6. The van der Waals surface area contributed by atoms with E-state index in [1.54, 1.807) is 12.3 Å². The zero-order valence-electron chi connectivity index (χ0n) is 21.4. The fourth-order valence-corrected chi connectivity index (χ4v) is 5.34. The molecule has 3 aliphatic rings. The third-order valence-electron chi connectivity index (χ3n) is 7.49. The van der Waals surface area contributed by atoms with Crippen molar-refractivity contribution in [3.05, 3.63) is 77.9 Å². The summed E-state index contributed by atoms with van der Waals surface area (Å²) in [7, 11) is 0. The minimum Gasteiger partial charge on any atom is -0.489 e. The van der Waals surface area contributed by atoms with Crippen LogP contribution in [-0.2, 0) is 0 Å². The van der Waals surface area contributed by atoms with E-state index in [0.717, 1.165) is 37.4 Å². The van der Waals surface area contributed by atoms with Gasteiger partial charge >= 0.3 is 0 Å². The maximum absolute atomic E-state index is 8.96. The number of hydrogen-bond acceptors (Lipinski definition) is 5. The molecule has 0 radical (unpaired) electrons. The zero-order valence-corrected chi connectivity index (χ0v) is 21.4. The Morgan fingerprint density at radius 2 is 1.56 bits per heavy atom. The van der Waals surface area contributed by atoms with Crippen LogP contribution in [0, 0.1) is 11.3 Å². The summed E-state index contributed by atoms with van der Waals surface area (Å²) in [6.07, 6.45) is 15.2. The van der Waals surface area contributed by atoms with Crippen LogP contribution in [-0.4, -0.2) is 22.1 Å². The highest BCUT2D eigenvalue weighted by Gasteiger charge is 2.33. The molecule has 6 rings (SSSR count). The minimum absolute atomic E-state index is 0.182. The highest BCUT2D eigenvalue weighted by atomic mass is 16.5. The predicted molar refractivity (Wildman–Crippen MR) is 144 cm³/mol. The molecule has 3 fully saturated rings. The van der Waals surface area contributed by atoms with Gasteiger partial charge in [-0.15, -0.1) is 0 Å². The average molecular weight is 481 g/mol. The standard InChI is InChI=1S/C29H30N4O.C2H6/c30-17-23-7-12-27(18-32-23)34-26-13-10-25(11-14-26)33(24-8-5-21(6-9-24)20-1-2-20)29-19-31-16-15-28(29)22-3-4-22;1-2/h5-9,12,15-16,18-20,22,25-26H,1-4,10-11,13-14H2;1-2H3. The molecule has 3 saturated carbocycles. The maximum Gasteiger partial charge on any atom is 0.140 e. The van der Waals surface area contributed by atoms with Crippen molar-refractivity contribution in [2.24, 2.45) is 0 Å². The highest BCUT2D eigenvalue weighted by Crippen LogP contribution is 2.47. The third-order valence-corrected chi connectivity index (χ3v) is 7.49. The number of anilines is 2. The van der Waals surface area contributed by atoms with Gasteiger partial charge in [0.1, 0.15) is 17.5 Å². The lowest BCUT2D eigenvalue weighted by molar-refractivity contribution is 0.146. The second-order valence-electron chi connectivity index (χ2n) is 9.98. The number of hydrogen-bond donors (Lipinski definition) is 0. The summed E-state index contributed by atoms with van der Waals surface area (Å²) in [5.41, 5.74) is 5.90. The average Bonchev–Trinajstić information content (AvgIpc) is 3.86. The molecule has 0 bridgehead atoms. The molecule has 0 amide bonds. The lowest BCUT2D eigenvalue weighted by atomic mass is 9.90. The van der Waals surface area contributed by atoms with Crippen molar-refractivity contribution in [1.82, 2.24) is 9.97 Å². The van der Waals surface area contributed by atoms with Crippen LogP contribution in [0.2, 0.25) is 0 Å². The Hall–Kier alpha value is -3.39. The van der Waals surface area contributed by atoms with Crippen LogP contribution in [0.4, 0.5) is 11.4 Å². The topological polar surface area (TPSA) is 62.0 Å². The predicted octanol–water partition coefficient (Wildman–Crippen LogP) is 7.66. The Labute approximate surface area is 215 Å². The van der Waals surface area contributed by atoms with Gasteiger partial charge in [0.15, 0.2) is 0 Å². The first-order valence-corrected chi connectivity index (χ1v) is 13.6. The van der Waals surface area contributed by atoms with Gasteiger partial charge in [-0.25, -0.2) is 4.98 Å². The van der Waals surface area contributed by atoms with Crippen molar-refractivity contribution in [3.8, 4) is 11.8 Å². The van der Waals surface area contributed by atoms with E-state index in [1.165, 1.54) is 48.2 Å². The fourth-order valence-electron chi connectivity index (χ4n) is 5.34. The molecule has 1 aromatic carbocycles. The molecular weight excluding hydrogens is 444 g/mol. The summed E-state index contributed by atoms with van der Waals surface area (Å²) in [6, 6.07) is 17.6. The summed E-state index contributed by atoms with van der Waals surface area (Å²) in [5, 5.41) is 8.96. The summed E-state index contributed by atoms with van der Waals surface area (Å²) < 4.78 is 6.21. The third kappa shape index (κ3) is 5.54. The Morgan fingerprint density at radius 3 is 2.17 bits per heavy atom. The molecule has 0 N–H and O–H groups in total. The van der Waals surface area contributed by atoms with E-state index >= 15 is 0 Å². The SMILES string of the molecule is CC.N#Cc1ccc(OC2CCC(N(c3ccc(C4CC4)cc3)c3cnccc3C3CC3)CC2)cn1. The minimum atomic E-state index is 0.182. The molecule has 5 nitrogen and oxygen atoms in total. The van der Waals surface area contributed by atoms with E-state index in [0.29, 0.717) is 17.7 Å². The fraction of sp³-hybridized carbons (Fsp3) is 0.452. The van der Waals surface area contributed by atoms with Gasteiger partial charge in [-0.05, 0) is 105 Å². The zero-order chi connectivity index (χ0) is 24.9. The maximum atomic E-state index is 8.96. The number of benzene rings is 1. The normalized spacial score (nSPS) is 21.0. The monoisotopic (exact) mass is 480 g/mol. The van der Waals surface area contributed by atoms with E-state index in [1.807, 2.05) is 26.1 Å². The smallest absolute Gasteiger partial charge is 0.140 e. The molecular formula is C31H36N4O. The molecule has 36 heavy (non-hydrogen) atoms. The summed E-state index contributed by atoms with van der Waals surface area (Å²) in [5.74, 6) is 2.19. The van der Waals surface area contributed by atoms with Crippen LogP contribution in [0.25, 0.3) is 0 Å². The van der Waals surface area contributed by atoms with Crippen molar-refractivity contribution < 1.29 is 4.74 Å². The van der Waals surface area contributed by atoms with Crippen LogP contribution in [0.5, 0.6) is 5.75 Å². The summed E-state index contributed by atoms with van der Waals surface area (Å²) in [4.78, 5) is 11.2. The van der Waals surface area contributed by atoms with Gasteiger partial charge in [0, 0.05) is 17.9 Å². The lowest BCUT2D eigenvalue weighted by Gasteiger charge is -2.39. The summed E-state index contributed by atoms with van der Waals surface area (Å²) in [6.45, 7) is 4.00. The molecule has 0 spiro atoms. The largest absolute Gasteiger partial charge is 0.489 e. The van der Waals surface area contributed by atoms with E-state index in [4.69, 9.17) is 10.00 Å². The van der Waals surface area contributed by atoms with Gasteiger partial charge in [0.05, 0.1) is 24.2 Å². The van der Waals surface area contributed by atoms with Gasteiger partial charge < -0.3 is 9.64 Å². The first-order chi connectivity index (χ1) is 17.8. The Balaban J connectivity index is 0.00000130. The van der Waals surface area contributed by atoms with Crippen LogP contribution in [0.3, 0.4) is 0 Å². The Morgan fingerprint density at radius 1 is 0.833 bits per heavy atom. The van der Waals surface area contributed by atoms with E-state index in [9.17, 15) is 0 Å². The van der Waals surface area contributed by atoms with Gasteiger partial charge in [0.25, 0.3) is 0 Å². The van der Waals surface area contributed by atoms with Crippen LogP contribution >= 0.6 is 0 Å². The quantitative estimate of drug-likeness (QED) is 0.347. The van der Waals surface area contributed by atoms with Crippen molar-refractivity contribution >= 4 is 11.4 Å². The molecule has 5 heteroatoms. The number of pyridine rings is 2. The van der Waals surface area contributed by atoms with Crippen molar-refractivity contribution in [1.29, 1.82) is 5.26 Å². The Kier molecular flexibility index (Phi) is 7.51. The molecule has 2 aromatic heterocycles. The molecule has 3 aromatic rings. The van der Waals surface area contributed by atoms with Gasteiger partial charge in [-0.1, -0.05) is 26.0 Å². The lowest BCUT2D eigenvalue weighted by Crippen LogP contribution is -2.38. The van der Waals surface area contributed by atoms with E-state index in [-0.39, 0.29) is 6.10 Å². The second kappa shape index (κ2) is 11.1. The molecule has 0 unspecified atom stereocenters. The van der Waals surface area contributed by atoms with Crippen LogP contribution in [0.1, 0.15) is 93.9 Å². The second-order valence-corrected chi connectivity index (χ2v) is 9.98. The molecule has 2 heterocycles. The molecule has 186 valence electrons. The van der Waals surface area contributed by atoms with E-state index in [2.05, 4.69) is 57.5 Å². The number of nitriles is 1. The number of rotatable bonds is 7. The molecule has 0 atom stereocenters. The van der Waals surface area contributed by atoms with Crippen LogP contribution < -0.4 is 9.64 Å². The van der Waals surface area contributed by atoms with Crippen molar-refractivity contribution in [3.63, 3.8) is 0 Å². The molecule has 3 aliphatic carbocycles. The summed E-state index contributed by atoms with van der Waals surface area (Å²) >= 11 is 0. The molecule has 0 aliphatic heterocycles. The van der Waals surface area contributed by atoms with Gasteiger partial charge in [0.2, 0.25) is 0 Å².